The van der Waals surface area contributed by atoms with Gasteiger partial charge < -0.3 is 14.7 Å². The van der Waals surface area contributed by atoms with Gasteiger partial charge in [0, 0.05) is 24.3 Å². The minimum Gasteiger partial charge on any atom is -0.394 e. The molecule has 1 aliphatic heterocycles. The van der Waals surface area contributed by atoms with E-state index in [1.54, 1.807) is 10.5 Å². The molecule has 2 atom stereocenters. The number of aliphatic hydroxyl groups is 1. The number of anilines is 1. The first kappa shape index (κ1) is 23.5. The molecule has 2 fully saturated rings. The fourth-order valence-corrected chi connectivity index (χ4v) is 6.11. The van der Waals surface area contributed by atoms with Crippen LogP contribution in [0, 0.1) is 0 Å². The lowest BCUT2D eigenvalue weighted by Crippen LogP contribution is -2.49. The van der Waals surface area contributed by atoms with Gasteiger partial charge in [0.2, 0.25) is 10.0 Å². The van der Waals surface area contributed by atoms with Gasteiger partial charge in [0.05, 0.1) is 31.2 Å². The lowest BCUT2D eigenvalue weighted by Gasteiger charge is -2.39. The summed E-state index contributed by atoms with van der Waals surface area (Å²) in [5, 5.41) is 16.8. The van der Waals surface area contributed by atoms with Gasteiger partial charge in [-0.05, 0) is 32.8 Å². The second-order valence-electron chi connectivity index (χ2n) is 8.95. The summed E-state index contributed by atoms with van der Waals surface area (Å²) in [4.78, 5) is 6.43. The lowest BCUT2D eigenvalue weighted by molar-refractivity contribution is -0.0102. The zero-order valence-corrected chi connectivity index (χ0v) is 20.1. The van der Waals surface area contributed by atoms with Gasteiger partial charge in [0.1, 0.15) is 10.6 Å². The highest BCUT2D eigenvalue weighted by Crippen LogP contribution is 2.38. The van der Waals surface area contributed by atoms with Gasteiger partial charge in [0.15, 0.2) is 15.7 Å². The fraction of sp³-hybridized carbons (Fsp3) is 0.550. The summed E-state index contributed by atoms with van der Waals surface area (Å²) in [5.41, 5.74) is 0.842. The van der Waals surface area contributed by atoms with Crippen LogP contribution in [0.1, 0.15) is 38.1 Å². The van der Waals surface area contributed by atoms with Crippen LogP contribution in [0.15, 0.2) is 23.4 Å². The Labute approximate surface area is 198 Å². The minimum absolute atomic E-state index is 0.0141. The summed E-state index contributed by atoms with van der Waals surface area (Å²) in [7, 11) is -3.89. The van der Waals surface area contributed by atoms with Crippen molar-refractivity contribution in [3.63, 3.8) is 0 Å². The molecule has 0 radical (unpaired) electrons. The smallest absolute Gasteiger partial charge is 0.291 e. The van der Waals surface area contributed by atoms with Crippen LogP contribution >= 0.6 is 11.3 Å². The second-order valence-corrected chi connectivity index (χ2v) is 11.6. The van der Waals surface area contributed by atoms with Gasteiger partial charge in [0.25, 0.3) is 6.43 Å². The molecule has 10 nitrogen and oxygen atoms in total. The molecule has 0 spiro atoms. The Bertz CT molecular complexity index is 1320. The first-order valence-corrected chi connectivity index (χ1v) is 13.1. The van der Waals surface area contributed by atoms with Crippen LogP contribution in [-0.4, -0.2) is 70.5 Å². The Hall–Kier alpha value is -2.26. The molecule has 1 aliphatic carbocycles. The van der Waals surface area contributed by atoms with Crippen molar-refractivity contribution >= 4 is 32.7 Å². The molecular weight excluding hydrogens is 490 g/mol. The van der Waals surface area contributed by atoms with Crippen LogP contribution in [0.25, 0.3) is 16.3 Å². The fourth-order valence-electron chi connectivity index (χ4n) is 3.92. The zero-order valence-electron chi connectivity index (χ0n) is 18.5. The van der Waals surface area contributed by atoms with Gasteiger partial charge in [-0.25, -0.2) is 26.9 Å². The van der Waals surface area contributed by atoms with E-state index < -0.39 is 33.1 Å². The van der Waals surface area contributed by atoms with Crippen molar-refractivity contribution in [2.75, 3.05) is 24.7 Å². The number of ether oxygens (including phenoxy) is 1. The van der Waals surface area contributed by atoms with Crippen LogP contribution in [0.4, 0.5) is 14.5 Å². The Morgan fingerprint density at radius 2 is 2.15 bits per heavy atom. The van der Waals surface area contributed by atoms with Crippen molar-refractivity contribution in [3.05, 3.63) is 23.5 Å². The quantitative estimate of drug-likeness (QED) is 0.492. The molecule has 4 heterocycles. The van der Waals surface area contributed by atoms with Crippen molar-refractivity contribution < 1.29 is 27.0 Å². The summed E-state index contributed by atoms with van der Waals surface area (Å²) in [6.07, 6.45) is 1.19. The first-order chi connectivity index (χ1) is 16.1. The molecule has 0 unspecified atom stereocenters. The molecule has 2 N–H and O–H groups in total. The highest BCUT2D eigenvalue weighted by Gasteiger charge is 2.42. The number of sulfonamides is 1. The minimum atomic E-state index is -3.89. The highest BCUT2D eigenvalue weighted by atomic mass is 32.2. The van der Waals surface area contributed by atoms with E-state index >= 15 is 0 Å². The van der Waals surface area contributed by atoms with E-state index in [1.165, 1.54) is 12.4 Å². The monoisotopic (exact) mass is 514 g/mol. The summed E-state index contributed by atoms with van der Waals surface area (Å²) in [5.74, 6) is 0. The summed E-state index contributed by atoms with van der Waals surface area (Å²) in [6.45, 7) is 4.26. The predicted molar refractivity (Wildman–Crippen MR) is 121 cm³/mol. The molecule has 2 aliphatic rings. The average Bonchev–Trinajstić information content (AvgIpc) is 3.19. The van der Waals surface area contributed by atoms with E-state index in [0.717, 1.165) is 24.2 Å². The van der Waals surface area contributed by atoms with Gasteiger partial charge in [-0.2, -0.15) is 0 Å². The number of imidazole rings is 1. The Kier molecular flexibility index (Phi) is 5.83. The molecule has 0 bridgehead atoms. The molecule has 1 saturated heterocycles. The zero-order chi connectivity index (χ0) is 24.3. The third kappa shape index (κ3) is 4.28. The number of aliphatic hydroxyl groups excluding tert-OH is 1. The SMILES string of the molecule is C[C@H]1CO[C@@H](CO)CN1c1cc(S(=O)(=O)NC2(C)CC2)cn2c(-c3nnc(C(F)F)s3)cnc12. The van der Waals surface area contributed by atoms with Crippen LogP contribution in [0.5, 0.6) is 0 Å². The maximum Gasteiger partial charge on any atom is 0.291 e. The van der Waals surface area contributed by atoms with E-state index in [-0.39, 0.29) is 22.6 Å². The third-order valence-corrected chi connectivity index (χ3v) is 8.68. The number of nitrogens with one attached hydrogen (secondary N) is 1. The molecule has 1 saturated carbocycles. The summed E-state index contributed by atoms with van der Waals surface area (Å²) >= 11 is 0.728. The Balaban J connectivity index is 1.67. The van der Waals surface area contributed by atoms with E-state index in [0.29, 0.717) is 30.2 Å². The number of rotatable bonds is 7. The molecule has 0 amide bonds. The number of fused-ring (bicyclic) bond motifs is 1. The maximum absolute atomic E-state index is 13.3. The number of hydrogen-bond acceptors (Lipinski definition) is 9. The number of aromatic nitrogens is 4. The lowest BCUT2D eigenvalue weighted by atomic mass is 10.1. The van der Waals surface area contributed by atoms with Crippen LogP contribution in [0.2, 0.25) is 0 Å². The summed E-state index contributed by atoms with van der Waals surface area (Å²) in [6, 6.07) is 1.44. The molecule has 34 heavy (non-hydrogen) atoms. The van der Waals surface area contributed by atoms with Crippen molar-refractivity contribution in [1.82, 2.24) is 24.3 Å². The molecule has 3 aromatic heterocycles. The molecule has 0 aromatic carbocycles. The van der Waals surface area contributed by atoms with E-state index in [2.05, 4.69) is 19.9 Å². The molecule has 184 valence electrons. The van der Waals surface area contributed by atoms with E-state index in [4.69, 9.17) is 4.74 Å². The van der Waals surface area contributed by atoms with Gasteiger partial charge in [-0.15, -0.1) is 10.2 Å². The Morgan fingerprint density at radius 1 is 1.38 bits per heavy atom. The Morgan fingerprint density at radius 3 is 2.79 bits per heavy atom. The normalized spacial score (nSPS) is 22.6. The van der Waals surface area contributed by atoms with Crippen molar-refractivity contribution in [1.29, 1.82) is 0 Å². The van der Waals surface area contributed by atoms with Crippen LogP contribution in [-0.2, 0) is 14.8 Å². The standard InChI is InChI=1S/C20H24F2N6O4S2/c1-11-10-32-12(9-29)7-27(11)14-5-13(34(30,31)26-20(2)3-4-20)8-28-15(6-23-17(14)28)18-24-25-19(33-18)16(21)22/h5-6,8,11-12,16,26,29H,3-4,7,9-10H2,1-2H3/t11-,12+/m0/s1. The number of morpholine rings is 1. The summed E-state index contributed by atoms with van der Waals surface area (Å²) < 4.78 is 62.7. The second kappa shape index (κ2) is 8.45. The van der Waals surface area contributed by atoms with Crippen molar-refractivity contribution in [2.24, 2.45) is 0 Å². The number of pyridine rings is 1. The van der Waals surface area contributed by atoms with Gasteiger partial charge >= 0.3 is 0 Å². The van der Waals surface area contributed by atoms with E-state index in [1.807, 2.05) is 18.7 Å². The van der Waals surface area contributed by atoms with Gasteiger partial charge in [-0.1, -0.05) is 11.3 Å². The number of hydrogen-bond donors (Lipinski definition) is 2. The number of alkyl halides is 2. The van der Waals surface area contributed by atoms with Gasteiger partial charge in [-0.3, -0.25) is 4.40 Å². The van der Waals surface area contributed by atoms with Crippen molar-refractivity contribution in [3.8, 4) is 10.7 Å². The molecule has 14 heteroatoms. The van der Waals surface area contributed by atoms with E-state index in [9.17, 15) is 22.3 Å². The average molecular weight is 515 g/mol. The maximum atomic E-state index is 13.3. The predicted octanol–water partition coefficient (Wildman–Crippen LogP) is 2.21. The first-order valence-electron chi connectivity index (χ1n) is 10.8. The van der Waals surface area contributed by atoms with Crippen LogP contribution in [0.3, 0.4) is 0 Å². The highest BCUT2D eigenvalue weighted by molar-refractivity contribution is 7.89. The molecule has 5 rings (SSSR count). The largest absolute Gasteiger partial charge is 0.394 e. The third-order valence-electron chi connectivity index (χ3n) is 6.12. The number of halogens is 2. The topological polar surface area (TPSA) is 122 Å². The molecular formula is C20H24F2N6O4S2. The number of nitrogens with zero attached hydrogens (tertiary/aromatic N) is 5. The molecule has 3 aromatic rings. The van der Waals surface area contributed by atoms with Crippen molar-refractivity contribution in [2.45, 2.75) is 55.7 Å². The van der Waals surface area contributed by atoms with Crippen LogP contribution < -0.4 is 9.62 Å².